The second-order valence-electron chi connectivity index (χ2n) is 4.27. The number of hydrogen-bond donors (Lipinski definition) is 1. The smallest absolute Gasteiger partial charge is 0.0944 e. The van der Waals surface area contributed by atoms with Crippen molar-refractivity contribution in [3.05, 3.63) is 66.4 Å². The van der Waals surface area contributed by atoms with Gasteiger partial charge in [-0.3, -0.25) is 0 Å². The molecule has 2 N–H and O–H groups in total. The summed E-state index contributed by atoms with van der Waals surface area (Å²) < 4.78 is 1.83. The molecule has 4 heteroatoms. The molecule has 0 atom stereocenters. The molecule has 0 saturated carbocycles. The van der Waals surface area contributed by atoms with Crippen LogP contribution in [0.1, 0.15) is 5.56 Å². The highest BCUT2D eigenvalue weighted by Crippen LogP contribution is 2.21. The maximum absolute atomic E-state index is 5.61. The van der Waals surface area contributed by atoms with Gasteiger partial charge in [0.15, 0.2) is 0 Å². The van der Waals surface area contributed by atoms with Crippen molar-refractivity contribution < 1.29 is 0 Å². The lowest BCUT2D eigenvalue weighted by Crippen LogP contribution is -1.99. The molecule has 0 fully saturated rings. The minimum absolute atomic E-state index is 0.552. The highest BCUT2D eigenvalue weighted by Gasteiger charge is 2.07. The third kappa shape index (κ3) is 2.26. The van der Waals surface area contributed by atoms with E-state index in [2.05, 4.69) is 10.3 Å². The van der Waals surface area contributed by atoms with Gasteiger partial charge in [-0.1, -0.05) is 47.7 Å². The second kappa shape index (κ2) is 5.04. The van der Waals surface area contributed by atoms with E-state index in [-0.39, 0.29) is 0 Å². The Morgan fingerprint density at radius 1 is 0.947 bits per heavy atom. The molecule has 0 aliphatic carbocycles. The van der Waals surface area contributed by atoms with E-state index in [1.165, 1.54) is 0 Å². The maximum atomic E-state index is 5.61. The van der Waals surface area contributed by atoms with Crippen LogP contribution in [0.5, 0.6) is 0 Å². The lowest BCUT2D eigenvalue weighted by molar-refractivity contribution is 0.808. The summed E-state index contributed by atoms with van der Waals surface area (Å²) in [5, 5.41) is 8.15. The Balaban J connectivity index is 2.04. The summed E-state index contributed by atoms with van der Waals surface area (Å²) in [4.78, 5) is 0. The normalized spacial score (nSPS) is 10.6. The van der Waals surface area contributed by atoms with Crippen LogP contribution in [0.25, 0.3) is 16.9 Å². The summed E-state index contributed by atoms with van der Waals surface area (Å²) in [5.41, 5.74) is 9.76. The minimum Gasteiger partial charge on any atom is -0.326 e. The zero-order valence-corrected chi connectivity index (χ0v) is 10.4. The predicted molar refractivity (Wildman–Crippen MR) is 74.7 cm³/mol. The number of hydrogen-bond acceptors (Lipinski definition) is 3. The average molecular weight is 250 g/mol. The van der Waals surface area contributed by atoms with E-state index in [9.17, 15) is 0 Å². The number of aromatic nitrogens is 3. The Labute approximate surface area is 111 Å². The van der Waals surface area contributed by atoms with Gasteiger partial charge in [0.25, 0.3) is 0 Å². The van der Waals surface area contributed by atoms with Crippen molar-refractivity contribution in [3.8, 4) is 16.9 Å². The fraction of sp³-hybridized carbons (Fsp3) is 0.0667. The monoisotopic (exact) mass is 250 g/mol. The molecule has 3 aromatic rings. The second-order valence-corrected chi connectivity index (χ2v) is 4.27. The molecule has 0 bridgehead atoms. The molecule has 4 nitrogen and oxygen atoms in total. The lowest BCUT2D eigenvalue weighted by Gasteiger charge is -2.06. The molecule has 0 radical (unpaired) electrons. The molecule has 0 aliphatic rings. The summed E-state index contributed by atoms with van der Waals surface area (Å²) >= 11 is 0. The van der Waals surface area contributed by atoms with E-state index < -0.39 is 0 Å². The maximum Gasteiger partial charge on any atom is 0.0944 e. The summed E-state index contributed by atoms with van der Waals surface area (Å²) in [6.07, 6.45) is 1.77. The van der Waals surface area contributed by atoms with E-state index in [0.717, 1.165) is 22.5 Å². The van der Waals surface area contributed by atoms with Crippen molar-refractivity contribution in [1.82, 2.24) is 15.0 Å². The topological polar surface area (TPSA) is 56.7 Å². The van der Waals surface area contributed by atoms with Crippen molar-refractivity contribution >= 4 is 0 Å². The third-order valence-corrected chi connectivity index (χ3v) is 3.04. The molecule has 1 aromatic heterocycles. The van der Waals surface area contributed by atoms with Gasteiger partial charge in [0.05, 0.1) is 17.6 Å². The van der Waals surface area contributed by atoms with Crippen LogP contribution < -0.4 is 5.73 Å². The molecule has 0 unspecified atom stereocenters. The standard InChI is InChI=1S/C15H14N4/c16-10-12-6-8-13(9-7-12)15-11-17-18-19(15)14-4-2-1-3-5-14/h1-9,11H,10,16H2. The SMILES string of the molecule is NCc1ccc(-c2cnnn2-c2ccccc2)cc1. The van der Waals surface area contributed by atoms with E-state index in [4.69, 9.17) is 5.73 Å². The first-order valence-electron chi connectivity index (χ1n) is 6.14. The van der Waals surface area contributed by atoms with Crippen LogP contribution in [-0.2, 0) is 6.54 Å². The molecule has 94 valence electrons. The number of nitrogens with two attached hydrogens (primary N) is 1. The molecule has 1 heterocycles. The Hall–Kier alpha value is -2.46. The van der Waals surface area contributed by atoms with Gasteiger partial charge in [-0.15, -0.1) is 5.10 Å². The Morgan fingerprint density at radius 3 is 2.37 bits per heavy atom. The fourth-order valence-electron chi connectivity index (χ4n) is 2.00. The number of para-hydroxylation sites is 1. The van der Waals surface area contributed by atoms with E-state index >= 15 is 0 Å². The van der Waals surface area contributed by atoms with Gasteiger partial charge in [-0.25, -0.2) is 4.68 Å². The molecule has 2 aromatic carbocycles. The van der Waals surface area contributed by atoms with Crippen molar-refractivity contribution in [2.75, 3.05) is 0 Å². The van der Waals surface area contributed by atoms with Gasteiger partial charge in [-0.2, -0.15) is 0 Å². The first-order valence-corrected chi connectivity index (χ1v) is 6.14. The van der Waals surface area contributed by atoms with Crippen LogP contribution >= 0.6 is 0 Å². The fourth-order valence-corrected chi connectivity index (χ4v) is 2.00. The largest absolute Gasteiger partial charge is 0.326 e. The Kier molecular flexibility index (Phi) is 3.08. The molecular formula is C15H14N4. The lowest BCUT2D eigenvalue weighted by atomic mass is 10.1. The van der Waals surface area contributed by atoms with Gasteiger partial charge in [0.2, 0.25) is 0 Å². The van der Waals surface area contributed by atoms with Crippen LogP contribution in [0, 0.1) is 0 Å². The van der Waals surface area contributed by atoms with E-state index in [1.807, 2.05) is 59.3 Å². The molecule has 0 amide bonds. The minimum atomic E-state index is 0.552. The van der Waals surface area contributed by atoms with Crippen LogP contribution in [0.15, 0.2) is 60.8 Å². The highest BCUT2D eigenvalue weighted by molar-refractivity contribution is 5.61. The molecular weight excluding hydrogens is 236 g/mol. The van der Waals surface area contributed by atoms with Crippen LogP contribution in [0.2, 0.25) is 0 Å². The van der Waals surface area contributed by atoms with Crippen LogP contribution in [-0.4, -0.2) is 15.0 Å². The van der Waals surface area contributed by atoms with Gasteiger partial charge in [0, 0.05) is 12.1 Å². The first kappa shape index (κ1) is 11.6. The molecule has 0 aliphatic heterocycles. The number of benzene rings is 2. The summed E-state index contributed by atoms with van der Waals surface area (Å²) in [6.45, 7) is 0.552. The van der Waals surface area contributed by atoms with Crippen molar-refractivity contribution in [2.24, 2.45) is 5.73 Å². The highest BCUT2D eigenvalue weighted by atomic mass is 15.4. The zero-order valence-electron chi connectivity index (χ0n) is 10.4. The van der Waals surface area contributed by atoms with Crippen LogP contribution in [0.3, 0.4) is 0 Å². The van der Waals surface area contributed by atoms with E-state index in [1.54, 1.807) is 6.20 Å². The molecule has 0 saturated heterocycles. The zero-order chi connectivity index (χ0) is 13.1. The number of rotatable bonds is 3. The Morgan fingerprint density at radius 2 is 1.68 bits per heavy atom. The number of nitrogens with zero attached hydrogens (tertiary/aromatic N) is 3. The predicted octanol–water partition coefficient (Wildman–Crippen LogP) is 2.39. The van der Waals surface area contributed by atoms with Crippen molar-refractivity contribution in [3.63, 3.8) is 0 Å². The summed E-state index contributed by atoms with van der Waals surface area (Å²) in [5.74, 6) is 0. The summed E-state index contributed by atoms with van der Waals surface area (Å²) in [7, 11) is 0. The first-order chi connectivity index (χ1) is 9.38. The average Bonchev–Trinajstić information content (AvgIpc) is 2.98. The summed E-state index contributed by atoms with van der Waals surface area (Å²) in [6, 6.07) is 18.1. The quantitative estimate of drug-likeness (QED) is 0.776. The van der Waals surface area contributed by atoms with Crippen LogP contribution in [0.4, 0.5) is 0 Å². The van der Waals surface area contributed by atoms with E-state index in [0.29, 0.717) is 6.54 Å². The molecule has 0 spiro atoms. The van der Waals surface area contributed by atoms with Gasteiger partial charge >= 0.3 is 0 Å². The van der Waals surface area contributed by atoms with Crippen molar-refractivity contribution in [2.45, 2.75) is 6.54 Å². The van der Waals surface area contributed by atoms with Gasteiger partial charge < -0.3 is 5.73 Å². The van der Waals surface area contributed by atoms with Gasteiger partial charge in [-0.05, 0) is 17.7 Å². The molecule has 19 heavy (non-hydrogen) atoms. The molecule has 3 rings (SSSR count). The van der Waals surface area contributed by atoms with Crippen molar-refractivity contribution in [1.29, 1.82) is 0 Å². The van der Waals surface area contributed by atoms with Gasteiger partial charge in [0.1, 0.15) is 0 Å². The third-order valence-electron chi connectivity index (χ3n) is 3.04. The Bertz CT molecular complexity index is 656.